The van der Waals surface area contributed by atoms with Crippen LogP contribution in [-0.4, -0.2) is 0 Å². The maximum atomic E-state index is 9.76. The minimum Gasteiger partial charge on any atom is -0.456 e. The van der Waals surface area contributed by atoms with Gasteiger partial charge in [-0.15, -0.1) is 0 Å². The standard InChI is InChI=1S/C43H28O/c1-2-11-28(12-3-1)30-21-23-36-40-26-32(22-24-41(40)44-42(36)27-30)43-37-19-8-6-17-34(37)39(35-18-7-9-20-38(35)43)25-31-15-10-14-29-13-4-5-16-33(29)31/h1-24,26-27H,25H2/i1D,2D,3D,4D,5D,6D,7D,8D,9D,10D,11D,12D,13D,14D,15D,16D,17D,18D,19D,20D,21D,22D,23D,24D,26D,27D. The zero-order valence-corrected chi connectivity index (χ0v) is 22.1. The summed E-state index contributed by atoms with van der Waals surface area (Å²) in [6.07, 6.45) is -0.825. The highest BCUT2D eigenvalue weighted by atomic mass is 16.3. The van der Waals surface area contributed by atoms with Gasteiger partial charge in [0.25, 0.3) is 0 Å². The summed E-state index contributed by atoms with van der Waals surface area (Å²) in [6.45, 7) is 0. The Labute approximate surface area is 292 Å². The molecule has 0 spiro atoms. The molecule has 0 radical (unpaired) electrons. The highest BCUT2D eigenvalue weighted by Gasteiger charge is 2.18. The lowest BCUT2D eigenvalue weighted by Gasteiger charge is -2.18. The zero-order valence-electron chi connectivity index (χ0n) is 48.1. The van der Waals surface area contributed by atoms with Crippen molar-refractivity contribution in [3.05, 3.63) is 168 Å². The highest BCUT2D eigenvalue weighted by Crippen LogP contribution is 2.42. The average molecular weight is 587 g/mol. The van der Waals surface area contributed by atoms with Gasteiger partial charge in [0.2, 0.25) is 0 Å². The van der Waals surface area contributed by atoms with Gasteiger partial charge in [-0.05, 0) is 96.3 Å². The van der Waals surface area contributed by atoms with E-state index in [0.717, 1.165) is 0 Å². The van der Waals surface area contributed by atoms with Gasteiger partial charge in [0, 0.05) is 10.8 Å². The predicted octanol–water partition coefficient (Wildman–Crippen LogP) is 12.0. The predicted molar refractivity (Wildman–Crippen MR) is 186 cm³/mol. The molecule has 1 nitrogen and oxygen atoms in total. The first kappa shape index (κ1) is 10.2. The Hall–Kier alpha value is -5.66. The van der Waals surface area contributed by atoms with Crippen molar-refractivity contribution < 1.29 is 40.1 Å². The van der Waals surface area contributed by atoms with Crippen molar-refractivity contribution in [1.82, 2.24) is 0 Å². The number of rotatable bonds is 4. The molecule has 0 aliphatic carbocycles. The van der Waals surface area contributed by atoms with E-state index < -0.39 is 240 Å². The largest absolute Gasteiger partial charge is 0.456 e. The molecule has 0 aliphatic rings. The summed E-state index contributed by atoms with van der Waals surface area (Å²) in [6, 6.07) is -21.6. The van der Waals surface area contributed by atoms with Gasteiger partial charge in [-0.3, -0.25) is 0 Å². The molecule has 0 saturated carbocycles. The van der Waals surface area contributed by atoms with Gasteiger partial charge in [-0.1, -0.05) is 133 Å². The fourth-order valence-electron chi connectivity index (χ4n) is 5.32. The molecular weight excluding hydrogens is 532 g/mol. The molecule has 1 heteroatoms. The Bertz CT molecular complexity index is 3870. The van der Waals surface area contributed by atoms with Crippen molar-refractivity contribution in [1.29, 1.82) is 0 Å². The smallest absolute Gasteiger partial charge is 0.136 e. The Balaban J connectivity index is 1.51. The molecule has 0 N–H and O–H groups in total. The monoisotopic (exact) mass is 586 g/mol. The third-order valence-electron chi connectivity index (χ3n) is 7.23. The summed E-state index contributed by atoms with van der Waals surface area (Å²) in [5.41, 5.74) is -4.59. The summed E-state index contributed by atoms with van der Waals surface area (Å²) in [4.78, 5) is 0. The third-order valence-corrected chi connectivity index (χ3v) is 7.23. The molecule has 0 unspecified atom stereocenters. The molecule has 1 aromatic heterocycles. The molecule has 0 amide bonds. The van der Waals surface area contributed by atoms with Crippen molar-refractivity contribution in [2.75, 3.05) is 0 Å². The van der Waals surface area contributed by atoms with Gasteiger partial charge in [-0.2, -0.15) is 0 Å². The van der Waals surface area contributed by atoms with E-state index in [1.165, 1.54) is 0 Å². The Morgan fingerprint density at radius 3 is 1.82 bits per heavy atom. The average Bonchev–Trinajstić information content (AvgIpc) is 3.75. The van der Waals surface area contributed by atoms with Crippen LogP contribution in [0.1, 0.15) is 46.8 Å². The second-order valence-electron chi connectivity index (χ2n) is 9.64. The first-order valence-electron chi connectivity index (χ1n) is 26.1. The van der Waals surface area contributed by atoms with Gasteiger partial charge >= 0.3 is 0 Å². The Morgan fingerprint density at radius 2 is 1.05 bits per heavy atom. The number of hydrogen-bond acceptors (Lipinski definition) is 1. The molecule has 44 heavy (non-hydrogen) atoms. The SMILES string of the molecule is [2H]c1c([2H])c([2H])c(-c2c([2H])c([2H])c3c(oc4c([2H])c([2H])c(-c5c6c([2H])c([2H])c([2H])c([2H])c6c(Cc6c([2H])c([2H])c([2H])c7c([2H])c([2H])c([2H])c([2H])c67)c6c([2H])c([2H])c([2H])c([2H])c56)c([2H])c43)c2[2H])c([2H])c1[2H]. The minimum atomic E-state index is -0.929. The van der Waals surface area contributed by atoms with E-state index in [1.807, 2.05) is 0 Å². The van der Waals surface area contributed by atoms with Crippen LogP contribution in [0.2, 0.25) is 0 Å². The van der Waals surface area contributed by atoms with Gasteiger partial charge in [0.1, 0.15) is 11.2 Å². The molecule has 8 aromatic carbocycles. The normalized spacial score (nSPS) is 20.0. The van der Waals surface area contributed by atoms with Crippen LogP contribution in [0.4, 0.5) is 0 Å². The molecule has 206 valence electrons. The summed E-state index contributed by atoms with van der Waals surface area (Å²) >= 11 is 0. The van der Waals surface area contributed by atoms with Crippen LogP contribution in [0.5, 0.6) is 0 Å². The van der Waals surface area contributed by atoms with Crippen LogP contribution in [0, 0.1) is 0 Å². The van der Waals surface area contributed by atoms with Crippen molar-refractivity contribution in [3.8, 4) is 22.3 Å². The maximum absolute atomic E-state index is 9.76. The van der Waals surface area contributed by atoms with Gasteiger partial charge in [-0.25, -0.2) is 0 Å². The van der Waals surface area contributed by atoms with Crippen LogP contribution in [0.25, 0.3) is 76.5 Å². The van der Waals surface area contributed by atoms with E-state index in [0.29, 0.717) is 0 Å². The first-order valence-corrected chi connectivity index (χ1v) is 13.1. The second kappa shape index (κ2) is 9.97. The Kier molecular flexibility index (Phi) is 2.31. The number of benzene rings is 8. The lowest BCUT2D eigenvalue weighted by molar-refractivity contribution is 0.669. The van der Waals surface area contributed by atoms with Gasteiger partial charge in [0.05, 0.1) is 35.6 Å². The fraction of sp³-hybridized carbons (Fsp3) is 0.0233. The molecule has 0 bridgehead atoms. The number of hydrogen-bond donors (Lipinski definition) is 0. The second-order valence-corrected chi connectivity index (χ2v) is 9.64. The minimum absolute atomic E-state index is 0.377. The van der Waals surface area contributed by atoms with E-state index in [-0.39, 0.29) is 11.1 Å². The third kappa shape index (κ3) is 3.94. The van der Waals surface area contributed by atoms with Gasteiger partial charge in [0.15, 0.2) is 0 Å². The van der Waals surface area contributed by atoms with Crippen molar-refractivity contribution in [2.45, 2.75) is 6.42 Å². The fourth-order valence-corrected chi connectivity index (χ4v) is 5.32. The van der Waals surface area contributed by atoms with E-state index in [9.17, 15) is 11.0 Å². The molecule has 0 aliphatic heterocycles. The first-order chi connectivity index (χ1) is 32.6. The lowest BCUT2D eigenvalue weighted by Crippen LogP contribution is -1.96. The molecule has 0 fully saturated rings. The number of fused-ring (bicyclic) bond motifs is 6. The topological polar surface area (TPSA) is 13.1 Å². The molecular formula is C43H28O. The van der Waals surface area contributed by atoms with Crippen LogP contribution in [-0.2, 0) is 6.42 Å². The molecule has 9 aromatic rings. The van der Waals surface area contributed by atoms with E-state index >= 15 is 0 Å². The van der Waals surface area contributed by atoms with E-state index in [4.69, 9.17) is 29.1 Å². The van der Waals surface area contributed by atoms with Crippen molar-refractivity contribution in [3.63, 3.8) is 0 Å². The Morgan fingerprint density at radius 1 is 0.409 bits per heavy atom. The van der Waals surface area contributed by atoms with Crippen LogP contribution in [0.15, 0.2) is 162 Å². The highest BCUT2D eigenvalue weighted by molar-refractivity contribution is 6.17. The molecule has 0 saturated heterocycles. The zero-order chi connectivity index (χ0) is 51.7. The van der Waals surface area contributed by atoms with Gasteiger partial charge < -0.3 is 4.42 Å². The van der Waals surface area contributed by atoms with Crippen LogP contribution in [0.3, 0.4) is 0 Å². The molecule has 1 heterocycles. The lowest BCUT2D eigenvalue weighted by atomic mass is 9.85. The summed E-state index contributed by atoms with van der Waals surface area (Å²) in [5, 5.41) is -4.16. The van der Waals surface area contributed by atoms with Crippen molar-refractivity contribution in [2.24, 2.45) is 0 Å². The molecule has 0 atom stereocenters. The van der Waals surface area contributed by atoms with Crippen LogP contribution < -0.4 is 0 Å². The van der Waals surface area contributed by atoms with Crippen LogP contribution >= 0.6 is 0 Å². The summed E-state index contributed by atoms with van der Waals surface area (Å²) in [5.74, 6) is 0. The number of furan rings is 1. The summed E-state index contributed by atoms with van der Waals surface area (Å²) < 4.78 is 236. The maximum Gasteiger partial charge on any atom is 0.136 e. The quantitative estimate of drug-likeness (QED) is 0.187. The van der Waals surface area contributed by atoms with Crippen molar-refractivity contribution >= 4 is 54.3 Å². The van der Waals surface area contributed by atoms with E-state index in [1.54, 1.807) is 0 Å². The molecule has 9 rings (SSSR count). The summed E-state index contributed by atoms with van der Waals surface area (Å²) in [7, 11) is 0. The van der Waals surface area contributed by atoms with E-state index in [2.05, 4.69) is 0 Å².